The fourth-order valence-corrected chi connectivity index (χ4v) is 2.00. The molecule has 3 aromatic heterocycles. The molecule has 0 atom stereocenters. The van der Waals surface area contributed by atoms with E-state index in [1.807, 2.05) is 0 Å². The van der Waals surface area contributed by atoms with Gasteiger partial charge in [0.2, 0.25) is 5.76 Å². The minimum absolute atomic E-state index is 0.126. The molecule has 3 N–H and O–H groups in total. The van der Waals surface area contributed by atoms with Crippen molar-refractivity contribution in [2.45, 2.75) is 6.92 Å². The summed E-state index contributed by atoms with van der Waals surface area (Å²) in [6.45, 7) is 1.77. The third kappa shape index (κ3) is 2.14. The van der Waals surface area contributed by atoms with Crippen LogP contribution in [-0.4, -0.2) is 37.0 Å². The molecule has 0 aliphatic carbocycles. The number of aromatic carboxylic acids is 1. The summed E-state index contributed by atoms with van der Waals surface area (Å²) in [4.78, 5) is 23.0. The highest BCUT2D eigenvalue weighted by molar-refractivity contribution is 6.06. The number of nitrogens with zero attached hydrogens (tertiary/aromatic N) is 3. The summed E-state index contributed by atoms with van der Waals surface area (Å²) in [7, 11) is 1.65. The molecular formula is C12H11N5O4. The first-order valence-electron chi connectivity index (χ1n) is 5.99. The fraction of sp³-hybridized carbons (Fsp3) is 0.167. The van der Waals surface area contributed by atoms with Gasteiger partial charge in [0.15, 0.2) is 11.4 Å². The number of furan rings is 1. The van der Waals surface area contributed by atoms with Crippen molar-refractivity contribution < 1.29 is 19.1 Å². The molecule has 9 heteroatoms. The molecule has 1 amide bonds. The van der Waals surface area contributed by atoms with Gasteiger partial charge < -0.3 is 14.8 Å². The Morgan fingerprint density at radius 2 is 2.19 bits per heavy atom. The van der Waals surface area contributed by atoms with E-state index in [1.54, 1.807) is 20.0 Å². The molecule has 0 aliphatic heterocycles. The molecule has 3 rings (SSSR count). The molecule has 3 aromatic rings. The summed E-state index contributed by atoms with van der Waals surface area (Å²) in [5, 5.41) is 22.0. The zero-order chi connectivity index (χ0) is 15.1. The van der Waals surface area contributed by atoms with Crippen LogP contribution in [0.5, 0.6) is 0 Å². The molecule has 21 heavy (non-hydrogen) atoms. The van der Waals surface area contributed by atoms with E-state index in [9.17, 15) is 9.59 Å². The van der Waals surface area contributed by atoms with Crippen LogP contribution in [0.15, 0.2) is 16.5 Å². The topological polar surface area (TPSA) is 126 Å². The number of aromatic nitrogens is 4. The smallest absolute Gasteiger partial charge is 0.371 e. The zero-order valence-corrected chi connectivity index (χ0v) is 11.2. The first-order valence-corrected chi connectivity index (χ1v) is 5.99. The van der Waals surface area contributed by atoms with Crippen molar-refractivity contribution in [3.8, 4) is 0 Å². The number of aryl methyl sites for hydroxylation is 2. The molecule has 0 fully saturated rings. The first kappa shape index (κ1) is 12.9. The van der Waals surface area contributed by atoms with Gasteiger partial charge in [0.05, 0.1) is 5.69 Å². The second kappa shape index (κ2) is 4.47. The van der Waals surface area contributed by atoms with E-state index < -0.39 is 11.9 Å². The summed E-state index contributed by atoms with van der Waals surface area (Å²) in [5.74, 6) is -1.72. The number of rotatable bonds is 3. The van der Waals surface area contributed by atoms with Crippen molar-refractivity contribution in [1.82, 2.24) is 20.0 Å². The van der Waals surface area contributed by atoms with Crippen molar-refractivity contribution in [3.05, 3.63) is 29.3 Å². The molecule has 0 unspecified atom stereocenters. The number of aromatic amines is 1. The van der Waals surface area contributed by atoms with Crippen molar-refractivity contribution in [3.63, 3.8) is 0 Å². The predicted molar refractivity (Wildman–Crippen MR) is 71.2 cm³/mol. The van der Waals surface area contributed by atoms with E-state index in [4.69, 9.17) is 9.52 Å². The number of hydrogen-bond donors (Lipinski definition) is 3. The standard InChI is InChI=1S/C12H11N5O4/c1-5-3-7(17(2)16-5)11(18)13-10-9-6(14-15-10)4-8(21-9)12(19)20/h3-4H,1-2H3,(H,19,20)(H2,13,14,15,18). The maximum absolute atomic E-state index is 12.1. The Morgan fingerprint density at radius 1 is 1.43 bits per heavy atom. The van der Waals surface area contributed by atoms with E-state index in [1.165, 1.54) is 10.7 Å². The Kier molecular flexibility index (Phi) is 2.75. The Bertz CT molecular complexity index is 856. The maximum Gasteiger partial charge on any atom is 0.371 e. The Hall–Kier alpha value is -3.10. The van der Waals surface area contributed by atoms with Crippen molar-refractivity contribution in [1.29, 1.82) is 0 Å². The van der Waals surface area contributed by atoms with Gasteiger partial charge in [-0.1, -0.05) is 0 Å². The third-order valence-electron chi connectivity index (χ3n) is 2.91. The van der Waals surface area contributed by atoms with Crippen LogP contribution in [0.25, 0.3) is 11.1 Å². The lowest BCUT2D eigenvalue weighted by molar-refractivity contribution is 0.0665. The number of H-pyrrole nitrogens is 1. The number of carboxylic acids is 1. The number of nitrogens with one attached hydrogen (secondary N) is 2. The van der Waals surface area contributed by atoms with Gasteiger partial charge in [-0.2, -0.15) is 10.2 Å². The van der Waals surface area contributed by atoms with Crippen molar-refractivity contribution in [2.24, 2.45) is 7.05 Å². The lowest BCUT2D eigenvalue weighted by Gasteiger charge is -2.01. The molecular weight excluding hydrogens is 278 g/mol. The Labute approximate surface area is 117 Å². The van der Waals surface area contributed by atoms with Gasteiger partial charge in [0.25, 0.3) is 5.91 Å². The molecule has 0 spiro atoms. The molecule has 0 saturated carbocycles. The van der Waals surface area contributed by atoms with Crippen LogP contribution in [0.2, 0.25) is 0 Å². The second-order valence-electron chi connectivity index (χ2n) is 4.48. The lowest BCUT2D eigenvalue weighted by atomic mass is 10.3. The monoisotopic (exact) mass is 289 g/mol. The van der Waals surface area contributed by atoms with E-state index in [2.05, 4.69) is 20.6 Å². The molecule has 3 heterocycles. The normalized spacial score (nSPS) is 11.0. The van der Waals surface area contributed by atoms with Crippen molar-refractivity contribution >= 4 is 28.8 Å². The number of carbonyl (C=O) groups excluding carboxylic acids is 1. The summed E-state index contributed by atoms with van der Waals surface area (Å²) in [6.07, 6.45) is 0. The van der Waals surface area contributed by atoms with Gasteiger partial charge in [-0.15, -0.1) is 0 Å². The summed E-state index contributed by atoms with van der Waals surface area (Å²) >= 11 is 0. The van der Waals surface area contributed by atoms with E-state index in [0.29, 0.717) is 16.9 Å². The van der Waals surface area contributed by atoms with Crippen LogP contribution in [0.3, 0.4) is 0 Å². The average Bonchev–Trinajstić information content (AvgIpc) is 3.05. The van der Waals surface area contributed by atoms with Crippen LogP contribution >= 0.6 is 0 Å². The second-order valence-corrected chi connectivity index (χ2v) is 4.48. The molecule has 108 valence electrons. The van der Waals surface area contributed by atoms with E-state index in [-0.39, 0.29) is 17.2 Å². The summed E-state index contributed by atoms with van der Waals surface area (Å²) in [5.41, 5.74) is 1.64. The SMILES string of the molecule is Cc1cc(C(=O)Nc2n[nH]c3cc(C(=O)O)oc23)n(C)n1. The summed E-state index contributed by atoms with van der Waals surface area (Å²) in [6, 6.07) is 2.93. The van der Waals surface area contributed by atoms with E-state index >= 15 is 0 Å². The van der Waals surface area contributed by atoms with E-state index in [0.717, 1.165) is 0 Å². The number of amides is 1. The van der Waals surface area contributed by atoms with Crippen LogP contribution in [0.1, 0.15) is 26.7 Å². The quantitative estimate of drug-likeness (QED) is 0.664. The Morgan fingerprint density at radius 3 is 2.81 bits per heavy atom. The number of fused-ring (bicyclic) bond motifs is 1. The van der Waals surface area contributed by atoms with Crippen LogP contribution in [0.4, 0.5) is 5.82 Å². The summed E-state index contributed by atoms with van der Waals surface area (Å²) < 4.78 is 6.59. The number of hydrogen-bond acceptors (Lipinski definition) is 5. The molecule has 0 aliphatic rings. The molecule has 0 saturated heterocycles. The molecule has 0 bridgehead atoms. The van der Waals surface area contributed by atoms with Crippen LogP contribution in [-0.2, 0) is 7.05 Å². The highest BCUT2D eigenvalue weighted by Gasteiger charge is 2.19. The molecule has 0 aromatic carbocycles. The van der Waals surface area contributed by atoms with Crippen molar-refractivity contribution in [2.75, 3.05) is 5.32 Å². The highest BCUT2D eigenvalue weighted by atomic mass is 16.4. The van der Waals surface area contributed by atoms with Gasteiger partial charge in [-0.25, -0.2) is 4.79 Å². The fourth-order valence-electron chi connectivity index (χ4n) is 2.00. The minimum atomic E-state index is -1.20. The van der Waals surface area contributed by atoms with Crippen LogP contribution < -0.4 is 5.32 Å². The lowest BCUT2D eigenvalue weighted by Crippen LogP contribution is -2.16. The number of carboxylic acid groups (broad SMARTS) is 1. The minimum Gasteiger partial charge on any atom is -0.475 e. The molecule has 9 nitrogen and oxygen atoms in total. The van der Waals surface area contributed by atoms with Gasteiger partial charge in [0, 0.05) is 13.1 Å². The predicted octanol–water partition coefficient (Wildman–Crippen LogP) is 1.15. The maximum atomic E-state index is 12.1. The van der Waals surface area contributed by atoms with Gasteiger partial charge >= 0.3 is 5.97 Å². The largest absolute Gasteiger partial charge is 0.475 e. The third-order valence-corrected chi connectivity index (χ3v) is 2.91. The zero-order valence-electron chi connectivity index (χ0n) is 11.2. The first-order chi connectivity index (χ1) is 9.95. The number of carbonyl (C=O) groups is 2. The Balaban J connectivity index is 1.92. The van der Waals surface area contributed by atoms with Gasteiger partial charge in [0.1, 0.15) is 11.2 Å². The highest BCUT2D eigenvalue weighted by Crippen LogP contribution is 2.24. The van der Waals surface area contributed by atoms with Gasteiger partial charge in [-0.3, -0.25) is 14.6 Å². The average molecular weight is 289 g/mol. The van der Waals surface area contributed by atoms with Gasteiger partial charge in [-0.05, 0) is 13.0 Å². The number of anilines is 1. The molecule has 0 radical (unpaired) electrons. The van der Waals surface area contributed by atoms with Crippen LogP contribution in [0, 0.1) is 6.92 Å².